The standard InChI is InChI=1S/C15H29NO3.C2H6/c1-6-12(17)9-8-10-13(18)16-14(3,4)11-15(5,19)7-2;1-2/h19H,6-11H2,1-5H3,(H,16,18);1-2H3. The van der Waals surface area contributed by atoms with Crippen LogP contribution in [0.25, 0.3) is 0 Å². The molecule has 21 heavy (non-hydrogen) atoms. The number of rotatable bonds is 9. The maximum atomic E-state index is 11.8. The van der Waals surface area contributed by atoms with Crippen molar-refractivity contribution in [3.63, 3.8) is 0 Å². The molecule has 1 amide bonds. The van der Waals surface area contributed by atoms with Crippen molar-refractivity contribution in [2.24, 2.45) is 0 Å². The van der Waals surface area contributed by atoms with Gasteiger partial charge in [0.05, 0.1) is 5.60 Å². The van der Waals surface area contributed by atoms with Crippen LogP contribution in [-0.4, -0.2) is 27.9 Å². The van der Waals surface area contributed by atoms with Crippen molar-refractivity contribution in [3.05, 3.63) is 0 Å². The van der Waals surface area contributed by atoms with Gasteiger partial charge in [0.25, 0.3) is 0 Å². The Labute approximate surface area is 130 Å². The second-order valence-corrected chi connectivity index (χ2v) is 6.21. The number of Topliss-reactive ketones (excluding diaryl/α,β-unsaturated/α-hetero) is 1. The Morgan fingerprint density at radius 1 is 1.05 bits per heavy atom. The van der Waals surface area contributed by atoms with Crippen LogP contribution in [0.3, 0.4) is 0 Å². The second kappa shape index (κ2) is 10.8. The summed E-state index contributed by atoms with van der Waals surface area (Å²) in [4.78, 5) is 22.9. The summed E-state index contributed by atoms with van der Waals surface area (Å²) >= 11 is 0. The third-order valence-corrected chi connectivity index (χ3v) is 3.32. The highest BCUT2D eigenvalue weighted by Crippen LogP contribution is 2.23. The zero-order valence-corrected chi connectivity index (χ0v) is 15.0. The number of hydrogen-bond donors (Lipinski definition) is 2. The molecule has 0 aliphatic carbocycles. The van der Waals surface area contributed by atoms with E-state index in [4.69, 9.17) is 0 Å². The molecular weight excluding hydrogens is 266 g/mol. The third-order valence-electron chi connectivity index (χ3n) is 3.32. The lowest BCUT2D eigenvalue weighted by Crippen LogP contribution is -2.48. The number of amides is 1. The summed E-state index contributed by atoms with van der Waals surface area (Å²) in [7, 11) is 0. The molecule has 0 aromatic carbocycles. The molecule has 0 rings (SSSR count). The number of carbonyl (C=O) groups excluding carboxylic acids is 2. The number of nitrogens with one attached hydrogen (secondary N) is 1. The first kappa shape index (κ1) is 22.4. The summed E-state index contributed by atoms with van der Waals surface area (Å²) in [5, 5.41) is 13.0. The molecule has 1 atom stereocenters. The van der Waals surface area contributed by atoms with Crippen molar-refractivity contribution >= 4 is 11.7 Å². The van der Waals surface area contributed by atoms with E-state index in [0.29, 0.717) is 38.5 Å². The molecule has 0 saturated carbocycles. The van der Waals surface area contributed by atoms with Crippen LogP contribution >= 0.6 is 0 Å². The lowest BCUT2D eigenvalue weighted by molar-refractivity contribution is -0.123. The zero-order chi connectivity index (χ0) is 17.1. The van der Waals surface area contributed by atoms with Crippen molar-refractivity contribution in [2.45, 2.75) is 98.1 Å². The van der Waals surface area contributed by atoms with E-state index >= 15 is 0 Å². The van der Waals surface area contributed by atoms with Crippen LogP contribution in [0.2, 0.25) is 0 Å². The third kappa shape index (κ3) is 12.5. The van der Waals surface area contributed by atoms with Gasteiger partial charge in [0.2, 0.25) is 5.91 Å². The Balaban J connectivity index is 0. The molecule has 4 nitrogen and oxygen atoms in total. The number of aliphatic hydroxyl groups is 1. The van der Waals surface area contributed by atoms with Gasteiger partial charge in [0.15, 0.2) is 0 Å². The molecule has 0 heterocycles. The van der Waals surface area contributed by atoms with Crippen molar-refractivity contribution in [1.82, 2.24) is 5.32 Å². The predicted molar refractivity (Wildman–Crippen MR) is 88.3 cm³/mol. The van der Waals surface area contributed by atoms with Gasteiger partial charge in [-0.25, -0.2) is 0 Å². The van der Waals surface area contributed by atoms with E-state index < -0.39 is 11.1 Å². The van der Waals surface area contributed by atoms with E-state index in [1.165, 1.54) is 0 Å². The molecule has 0 radical (unpaired) electrons. The van der Waals surface area contributed by atoms with Gasteiger partial charge in [0.1, 0.15) is 5.78 Å². The van der Waals surface area contributed by atoms with Crippen LogP contribution < -0.4 is 5.32 Å². The summed E-state index contributed by atoms with van der Waals surface area (Å²) in [6.07, 6.45) is 3.12. The van der Waals surface area contributed by atoms with Crippen molar-refractivity contribution in [2.75, 3.05) is 0 Å². The average molecular weight is 301 g/mol. The summed E-state index contributed by atoms with van der Waals surface area (Å²) in [5.41, 5.74) is -1.21. The Kier molecular flexibility index (Phi) is 11.5. The maximum Gasteiger partial charge on any atom is 0.220 e. The summed E-state index contributed by atoms with van der Waals surface area (Å²) < 4.78 is 0. The van der Waals surface area contributed by atoms with Gasteiger partial charge in [0, 0.05) is 24.8 Å². The number of ketones is 1. The van der Waals surface area contributed by atoms with Crippen LogP contribution in [0, 0.1) is 0 Å². The first-order valence-corrected chi connectivity index (χ1v) is 8.17. The summed E-state index contributed by atoms with van der Waals surface area (Å²) in [5.74, 6) is 0.141. The Hall–Kier alpha value is -0.900. The molecule has 0 fully saturated rings. The molecule has 0 aromatic rings. The van der Waals surface area contributed by atoms with E-state index in [0.717, 1.165) is 0 Å². The van der Waals surface area contributed by atoms with Crippen molar-refractivity contribution < 1.29 is 14.7 Å². The molecule has 0 spiro atoms. The lowest BCUT2D eigenvalue weighted by Gasteiger charge is -2.34. The van der Waals surface area contributed by atoms with Crippen molar-refractivity contribution in [3.8, 4) is 0 Å². The van der Waals surface area contributed by atoms with E-state index in [9.17, 15) is 14.7 Å². The Bertz CT molecular complexity index is 309. The first-order chi connectivity index (χ1) is 9.62. The van der Waals surface area contributed by atoms with Gasteiger partial charge in [-0.2, -0.15) is 0 Å². The topological polar surface area (TPSA) is 66.4 Å². The second-order valence-electron chi connectivity index (χ2n) is 6.21. The molecule has 4 heteroatoms. The lowest BCUT2D eigenvalue weighted by atomic mass is 9.86. The predicted octanol–water partition coefficient (Wildman–Crippen LogP) is 3.61. The largest absolute Gasteiger partial charge is 0.390 e. The minimum absolute atomic E-state index is 0.0548. The van der Waals surface area contributed by atoms with Crippen LogP contribution in [0.5, 0.6) is 0 Å². The molecule has 1 unspecified atom stereocenters. The van der Waals surface area contributed by atoms with Crippen LogP contribution in [0.4, 0.5) is 0 Å². The molecule has 126 valence electrons. The maximum absolute atomic E-state index is 11.8. The summed E-state index contributed by atoms with van der Waals surface area (Å²) in [6, 6.07) is 0. The zero-order valence-electron chi connectivity index (χ0n) is 15.0. The first-order valence-electron chi connectivity index (χ1n) is 8.17. The van der Waals surface area contributed by atoms with Gasteiger partial charge >= 0.3 is 0 Å². The fraction of sp³-hybridized carbons (Fsp3) is 0.882. The van der Waals surface area contributed by atoms with Gasteiger partial charge in [-0.3, -0.25) is 9.59 Å². The highest BCUT2D eigenvalue weighted by atomic mass is 16.3. The highest BCUT2D eigenvalue weighted by molar-refractivity contribution is 5.80. The van der Waals surface area contributed by atoms with Crippen LogP contribution in [0.1, 0.15) is 87.0 Å². The molecular formula is C17H35NO3. The quantitative estimate of drug-likeness (QED) is 0.683. The molecule has 0 bridgehead atoms. The SMILES string of the molecule is CC.CCC(=O)CCCC(=O)NC(C)(C)CC(C)(O)CC. The van der Waals surface area contributed by atoms with Gasteiger partial charge in [-0.15, -0.1) is 0 Å². The van der Waals surface area contributed by atoms with E-state index in [-0.39, 0.29) is 11.7 Å². The minimum atomic E-state index is -0.769. The molecule has 0 saturated heterocycles. The normalized spacial score (nSPS) is 13.7. The fourth-order valence-electron chi connectivity index (χ4n) is 2.18. The average Bonchev–Trinajstić information content (AvgIpc) is 2.38. The molecule has 2 N–H and O–H groups in total. The van der Waals surface area contributed by atoms with E-state index in [1.54, 1.807) is 6.92 Å². The molecule has 0 aliphatic rings. The molecule has 0 aromatic heterocycles. The van der Waals surface area contributed by atoms with Gasteiger partial charge in [-0.05, 0) is 40.0 Å². The smallest absolute Gasteiger partial charge is 0.220 e. The van der Waals surface area contributed by atoms with Gasteiger partial charge in [-0.1, -0.05) is 27.7 Å². The van der Waals surface area contributed by atoms with Gasteiger partial charge < -0.3 is 10.4 Å². The number of hydrogen-bond acceptors (Lipinski definition) is 3. The highest BCUT2D eigenvalue weighted by Gasteiger charge is 2.30. The molecule has 0 aliphatic heterocycles. The minimum Gasteiger partial charge on any atom is -0.390 e. The fourth-order valence-corrected chi connectivity index (χ4v) is 2.18. The van der Waals surface area contributed by atoms with Crippen molar-refractivity contribution in [1.29, 1.82) is 0 Å². The summed E-state index contributed by atoms with van der Waals surface area (Å²) in [6.45, 7) is 13.4. The number of carbonyl (C=O) groups is 2. The van der Waals surface area contributed by atoms with E-state index in [1.807, 2.05) is 41.5 Å². The monoisotopic (exact) mass is 301 g/mol. The Morgan fingerprint density at radius 3 is 2.00 bits per heavy atom. The van der Waals surface area contributed by atoms with Crippen LogP contribution in [-0.2, 0) is 9.59 Å². The Morgan fingerprint density at radius 2 is 1.57 bits per heavy atom. The van der Waals surface area contributed by atoms with E-state index in [2.05, 4.69) is 5.32 Å². The van der Waals surface area contributed by atoms with Crippen LogP contribution in [0.15, 0.2) is 0 Å².